The quantitative estimate of drug-likeness (QED) is 0.739. The first-order chi connectivity index (χ1) is 7.54. The number of carbonyl (C=O) groups is 1. The van der Waals surface area contributed by atoms with Crippen LogP contribution in [-0.4, -0.2) is 31.2 Å². The zero-order chi connectivity index (χ0) is 12.1. The third-order valence-corrected chi connectivity index (χ3v) is 3.15. The predicted molar refractivity (Wildman–Crippen MR) is 64.0 cm³/mol. The number of methoxy groups -OCH3 is 1. The Hall–Kier alpha value is -0.610. The molecule has 2 unspecified atom stereocenters. The minimum absolute atomic E-state index is 0.0392. The fourth-order valence-corrected chi connectivity index (χ4v) is 2.28. The molecule has 0 radical (unpaired) electrons. The van der Waals surface area contributed by atoms with Crippen molar-refractivity contribution in [1.29, 1.82) is 0 Å². The van der Waals surface area contributed by atoms with Crippen molar-refractivity contribution in [2.24, 2.45) is 11.7 Å². The third-order valence-electron chi connectivity index (χ3n) is 3.15. The number of carbonyl (C=O) groups excluding carboxylic acids is 1. The Labute approximate surface area is 97.9 Å². The molecule has 4 nitrogen and oxygen atoms in total. The van der Waals surface area contributed by atoms with Gasteiger partial charge in [-0.05, 0) is 31.6 Å². The van der Waals surface area contributed by atoms with Crippen molar-refractivity contribution in [3.63, 3.8) is 0 Å². The number of rotatable bonds is 5. The van der Waals surface area contributed by atoms with Crippen LogP contribution in [0.1, 0.15) is 39.5 Å². The summed E-state index contributed by atoms with van der Waals surface area (Å²) in [5, 5.41) is 3.00. The monoisotopic (exact) mass is 228 g/mol. The molecule has 1 amide bonds. The Morgan fingerprint density at radius 1 is 1.50 bits per heavy atom. The lowest BCUT2D eigenvalue weighted by molar-refractivity contribution is -0.124. The number of nitrogens with two attached hydrogens (primary N) is 1. The van der Waals surface area contributed by atoms with Gasteiger partial charge in [0.25, 0.3) is 0 Å². The first kappa shape index (κ1) is 13.5. The van der Waals surface area contributed by atoms with E-state index in [0.29, 0.717) is 5.92 Å². The smallest absolute Gasteiger partial charge is 0.237 e. The molecule has 0 aromatic carbocycles. The van der Waals surface area contributed by atoms with E-state index in [9.17, 15) is 4.79 Å². The van der Waals surface area contributed by atoms with Gasteiger partial charge in [-0.25, -0.2) is 0 Å². The van der Waals surface area contributed by atoms with Gasteiger partial charge in [0.1, 0.15) is 0 Å². The molecule has 0 bridgehead atoms. The van der Waals surface area contributed by atoms with E-state index in [-0.39, 0.29) is 18.1 Å². The Morgan fingerprint density at radius 3 is 2.75 bits per heavy atom. The third kappa shape index (κ3) is 3.76. The summed E-state index contributed by atoms with van der Waals surface area (Å²) in [6.07, 6.45) is 4.04. The van der Waals surface area contributed by atoms with Gasteiger partial charge < -0.3 is 15.8 Å². The van der Waals surface area contributed by atoms with Crippen molar-refractivity contribution in [2.75, 3.05) is 7.11 Å². The van der Waals surface area contributed by atoms with Crippen LogP contribution < -0.4 is 11.1 Å². The van der Waals surface area contributed by atoms with Crippen LogP contribution in [0, 0.1) is 5.92 Å². The lowest BCUT2D eigenvalue weighted by atomic mass is 10.0. The van der Waals surface area contributed by atoms with Crippen molar-refractivity contribution < 1.29 is 9.53 Å². The number of amides is 1. The van der Waals surface area contributed by atoms with Crippen LogP contribution in [0.15, 0.2) is 0 Å². The van der Waals surface area contributed by atoms with Gasteiger partial charge in [-0.15, -0.1) is 0 Å². The topological polar surface area (TPSA) is 64.3 Å². The average Bonchev–Trinajstić information content (AvgIpc) is 2.64. The van der Waals surface area contributed by atoms with Gasteiger partial charge in [0, 0.05) is 7.11 Å². The predicted octanol–water partition coefficient (Wildman–Crippen LogP) is 1.04. The summed E-state index contributed by atoms with van der Waals surface area (Å²) in [4.78, 5) is 11.8. The van der Waals surface area contributed by atoms with Crippen LogP contribution >= 0.6 is 0 Å². The largest absolute Gasteiger partial charge is 0.379 e. The minimum Gasteiger partial charge on any atom is -0.379 e. The molecule has 0 aromatic rings. The van der Waals surface area contributed by atoms with Crippen molar-refractivity contribution in [1.82, 2.24) is 5.32 Å². The van der Waals surface area contributed by atoms with Crippen LogP contribution in [0.2, 0.25) is 0 Å². The number of nitrogens with one attached hydrogen (secondary N) is 1. The highest BCUT2D eigenvalue weighted by molar-refractivity contribution is 5.81. The molecular weight excluding hydrogens is 204 g/mol. The van der Waals surface area contributed by atoms with Gasteiger partial charge in [-0.3, -0.25) is 4.79 Å². The van der Waals surface area contributed by atoms with E-state index in [2.05, 4.69) is 19.2 Å². The summed E-state index contributed by atoms with van der Waals surface area (Å²) in [6.45, 7) is 4.14. The molecule has 1 saturated carbocycles. The second-order valence-corrected chi connectivity index (χ2v) is 5.06. The van der Waals surface area contributed by atoms with Gasteiger partial charge in [0.2, 0.25) is 5.91 Å². The highest BCUT2D eigenvalue weighted by Gasteiger charge is 2.29. The zero-order valence-corrected chi connectivity index (χ0v) is 10.5. The SMILES string of the molecule is COC1CCCC1NC(=O)[C@H](N)CC(C)C. The summed E-state index contributed by atoms with van der Waals surface area (Å²) in [5.74, 6) is 0.408. The van der Waals surface area contributed by atoms with E-state index >= 15 is 0 Å². The van der Waals surface area contributed by atoms with E-state index in [4.69, 9.17) is 10.5 Å². The van der Waals surface area contributed by atoms with E-state index in [1.807, 2.05) is 0 Å². The zero-order valence-electron chi connectivity index (χ0n) is 10.5. The summed E-state index contributed by atoms with van der Waals surface area (Å²) < 4.78 is 5.33. The first-order valence-electron chi connectivity index (χ1n) is 6.13. The molecule has 1 aliphatic carbocycles. The highest BCUT2D eigenvalue weighted by atomic mass is 16.5. The van der Waals surface area contributed by atoms with E-state index in [1.165, 1.54) is 0 Å². The van der Waals surface area contributed by atoms with Gasteiger partial charge in [0.15, 0.2) is 0 Å². The van der Waals surface area contributed by atoms with Gasteiger partial charge in [-0.1, -0.05) is 13.8 Å². The Balaban J connectivity index is 2.38. The Kier molecular flexibility index (Phi) is 5.22. The standard InChI is InChI=1S/C12H24N2O2/c1-8(2)7-9(13)12(15)14-10-5-4-6-11(10)16-3/h8-11H,4-7,13H2,1-3H3,(H,14,15)/t9-,10?,11?/m1/s1. The van der Waals surface area contributed by atoms with Gasteiger partial charge in [-0.2, -0.15) is 0 Å². The molecule has 3 N–H and O–H groups in total. The fraction of sp³-hybridized carbons (Fsp3) is 0.917. The molecule has 16 heavy (non-hydrogen) atoms. The summed E-state index contributed by atoms with van der Waals surface area (Å²) >= 11 is 0. The second-order valence-electron chi connectivity index (χ2n) is 5.06. The molecule has 0 aromatic heterocycles. The van der Waals surface area contributed by atoms with Crippen LogP contribution in [0.5, 0.6) is 0 Å². The summed E-state index contributed by atoms with van der Waals surface area (Å²) in [5.41, 5.74) is 5.83. The first-order valence-corrected chi connectivity index (χ1v) is 6.13. The molecule has 0 heterocycles. The van der Waals surface area contributed by atoms with Crippen LogP contribution in [0.3, 0.4) is 0 Å². The van der Waals surface area contributed by atoms with E-state index in [1.54, 1.807) is 7.11 Å². The van der Waals surface area contributed by atoms with Crippen molar-refractivity contribution in [3.05, 3.63) is 0 Å². The van der Waals surface area contributed by atoms with Crippen LogP contribution in [0.4, 0.5) is 0 Å². The maximum atomic E-state index is 11.8. The molecule has 3 atom stereocenters. The van der Waals surface area contributed by atoms with Crippen molar-refractivity contribution in [2.45, 2.75) is 57.7 Å². The summed E-state index contributed by atoms with van der Waals surface area (Å²) in [7, 11) is 1.70. The van der Waals surface area contributed by atoms with E-state index in [0.717, 1.165) is 25.7 Å². The van der Waals surface area contributed by atoms with E-state index < -0.39 is 6.04 Å². The molecule has 1 aliphatic rings. The molecule has 0 spiro atoms. The number of hydrogen-bond acceptors (Lipinski definition) is 3. The highest BCUT2D eigenvalue weighted by Crippen LogP contribution is 2.21. The molecule has 1 rings (SSSR count). The number of hydrogen-bond donors (Lipinski definition) is 2. The molecule has 0 aliphatic heterocycles. The van der Waals surface area contributed by atoms with Gasteiger partial charge >= 0.3 is 0 Å². The molecule has 94 valence electrons. The Bertz CT molecular complexity index is 231. The molecule has 0 saturated heterocycles. The Morgan fingerprint density at radius 2 is 2.19 bits per heavy atom. The van der Waals surface area contributed by atoms with Crippen molar-refractivity contribution in [3.8, 4) is 0 Å². The average molecular weight is 228 g/mol. The van der Waals surface area contributed by atoms with Crippen LogP contribution in [0.25, 0.3) is 0 Å². The maximum absolute atomic E-state index is 11.8. The second kappa shape index (κ2) is 6.21. The molecule has 4 heteroatoms. The van der Waals surface area contributed by atoms with Crippen LogP contribution in [-0.2, 0) is 9.53 Å². The maximum Gasteiger partial charge on any atom is 0.237 e. The molecule has 1 fully saturated rings. The lowest BCUT2D eigenvalue weighted by Crippen LogP contribution is -2.48. The molecular formula is C12H24N2O2. The fourth-order valence-electron chi connectivity index (χ4n) is 2.28. The summed E-state index contributed by atoms with van der Waals surface area (Å²) in [6, 6.07) is -0.242. The lowest BCUT2D eigenvalue weighted by Gasteiger charge is -2.22. The van der Waals surface area contributed by atoms with Gasteiger partial charge in [0.05, 0.1) is 18.2 Å². The number of ether oxygens (including phenoxy) is 1. The van der Waals surface area contributed by atoms with Crippen molar-refractivity contribution >= 4 is 5.91 Å². The normalized spacial score (nSPS) is 27.1. The minimum atomic E-state index is -0.391.